The number of rotatable bonds is 5. The lowest BCUT2D eigenvalue weighted by Crippen LogP contribution is -2.13. The summed E-state index contributed by atoms with van der Waals surface area (Å²) >= 11 is 0. The maximum atomic E-state index is 5.44. The minimum atomic E-state index is 0.568. The standard InChI is InChI=1S/C13H16N4O/c1-18-11-4-2-3-10(7-11)12-8-13(15-6-5-14)17-9-16-12/h2-4,7-9H,5-6,14H2,1H3,(H,15,16,17). The molecule has 94 valence electrons. The molecule has 0 fully saturated rings. The molecule has 0 aliphatic carbocycles. The molecule has 0 spiro atoms. The van der Waals surface area contributed by atoms with Crippen molar-refractivity contribution in [3.63, 3.8) is 0 Å². The van der Waals surface area contributed by atoms with Crippen LogP contribution < -0.4 is 15.8 Å². The number of aromatic nitrogens is 2. The molecule has 0 saturated carbocycles. The fraction of sp³-hybridized carbons (Fsp3) is 0.231. The predicted molar refractivity (Wildman–Crippen MR) is 71.6 cm³/mol. The summed E-state index contributed by atoms with van der Waals surface area (Å²) in [4.78, 5) is 8.39. The fourth-order valence-electron chi connectivity index (χ4n) is 1.59. The molecular weight excluding hydrogens is 228 g/mol. The van der Waals surface area contributed by atoms with Crippen molar-refractivity contribution < 1.29 is 4.74 Å². The van der Waals surface area contributed by atoms with E-state index in [9.17, 15) is 0 Å². The van der Waals surface area contributed by atoms with Gasteiger partial charge in [0.05, 0.1) is 12.8 Å². The number of nitrogens with zero attached hydrogens (tertiary/aromatic N) is 2. The highest BCUT2D eigenvalue weighted by atomic mass is 16.5. The highest BCUT2D eigenvalue weighted by Crippen LogP contribution is 2.22. The number of hydrogen-bond acceptors (Lipinski definition) is 5. The predicted octanol–water partition coefficient (Wildman–Crippen LogP) is 1.52. The van der Waals surface area contributed by atoms with Crippen LogP contribution in [0.4, 0.5) is 5.82 Å². The first-order chi connectivity index (χ1) is 8.83. The molecule has 0 aliphatic heterocycles. The van der Waals surface area contributed by atoms with Crippen LogP contribution in [0.15, 0.2) is 36.7 Å². The molecule has 5 heteroatoms. The number of ether oxygens (including phenoxy) is 1. The maximum Gasteiger partial charge on any atom is 0.129 e. The van der Waals surface area contributed by atoms with Crippen LogP contribution in [-0.4, -0.2) is 30.2 Å². The van der Waals surface area contributed by atoms with Gasteiger partial charge in [-0.15, -0.1) is 0 Å². The van der Waals surface area contributed by atoms with E-state index in [1.807, 2.05) is 30.3 Å². The van der Waals surface area contributed by atoms with E-state index in [0.29, 0.717) is 13.1 Å². The van der Waals surface area contributed by atoms with Crippen LogP contribution in [0.25, 0.3) is 11.3 Å². The summed E-state index contributed by atoms with van der Waals surface area (Å²) in [6.07, 6.45) is 1.54. The first kappa shape index (κ1) is 12.3. The highest BCUT2D eigenvalue weighted by molar-refractivity contribution is 5.63. The van der Waals surface area contributed by atoms with Crippen molar-refractivity contribution in [1.82, 2.24) is 9.97 Å². The zero-order valence-corrected chi connectivity index (χ0v) is 10.3. The number of nitrogens with one attached hydrogen (secondary N) is 1. The third kappa shape index (κ3) is 2.95. The molecule has 0 saturated heterocycles. The smallest absolute Gasteiger partial charge is 0.129 e. The number of benzene rings is 1. The van der Waals surface area contributed by atoms with E-state index in [-0.39, 0.29) is 0 Å². The Morgan fingerprint density at radius 3 is 2.94 bits per heavy atom. The van der Waals surface area contributed by atoms with Gasteiger partial charge in [-0.05, 0) is 12.1 Å². The summed E-state index contributed by atoms with van der Waals surface area (Å²) in [6, 6.07) is 9.65. The molecule has 1 aromatic heterocycles. The topological polar surface area (TPSA) is 73.1 Å². The Kier molecular flexibility index (Phi) is 4.09. The summed E-state index contributed by atoms with van der Waals surface area (Å²) in [6.45, 7) is 1.26. The van der Waals surface area contributed by atoms with Gasteiger partial charge in [-0.2, -0.15) is 0 Å². The summed E-state index contributed by atoms with van der Waals surface area (Å²) in [5, 5.41) is 3.13. The monoisotopic (exact) mass is 244 g/mol. The second-order valence-corrected chi connectivity index (χ2v) is 3.74. The van der Waals surface area contributed by atoms with Crippen LogP contribution in [0.2, 0.25) is 0 Å². The van der Waals surface area contributed by atoms with Gasteiger partial charge in [0.2, 0.25) is 0 Å². The molecule has 2 aromatic rings. The molecule has 0 atom stereocenters. The average molecular weight is 244 g/mol. The third-order valence-electron chi connectivity index (χ3n) is 2.48. The minimum absolute atomic E-state index is 0.568. The number of hydrogen-bond donors (Lipinski definition) is 2. The van der Waals surface area contributed by atoms with Gasteiger partial charge in [0.15, 0.2) is 0 Å². The first-order valence-electron chi connectivity index (χ1n) is 5.74. The SMILES string of the molecule is COc1cccc(-c2cc(NCCN)ncn2)c1. The van der Waals surface area contributed by atoms with Gasteiger partial charge in [0.25, 0.3) is 0 Å². The number of nitrogens with two attached hydrogens (primary N) is 1. The Bertz CT molecular complexity index is 516. The maximum absolute atomic E-state index is 5.44. The van der Waals surface area contributed by atoms with Gasteiger partial charge in [0, 0.05) is 24.7 Å². The van der Waals surface area contributed by atoms with Crippen LogP contribution in [0.1, 0.15) is 0 Å². The van der Waals surface area contributed by atoms with Gasteiger partial charge in [-0.3, -0.25) is 0 Å². The largest absolute Gasteiger partial charge is 0.497 e. The van der Waals surface area contributed by atoms with E-state index in [4.69, 9.17) is 10.5 Å². The van der Waals surface area contributed by atoms with Crippen LogP contribution in [0.5, 0.6) is 5.75 Å². The minimum Gasteiger partial charge on any atom is -0.497 e. The fourth-order valence-corrected chi connectivity index (χ4v) is 1.59. The van der Waals surface area contributed by atoms with E-state index >= 15 is 0 Å². The van der Waals surface area contributed by atoms with Gasteiger partial charge in [-0.25, -0.2) is 9.97 Å². The Hall–Kier alpha value is -2.14. The lowest BCUT2D eigenvalue weighted by Gasteiger charge is -2.07. The van der Waals surface area contributed by atoms with Crippen LogP contribution in [0, 0.1) is 0 Å². The Morgan fingerprint density at radius 2 is 2.17 bits per heavy atom. The molecule has 1 aromatic carbocycles. The van der Waals surface area contributed by atoms with Crippen molar-refractivity contribution in [2.24, 2.45) is 5.73 Å². The molecule has 18 heavy (non-hydrogen) atoms. The molecule has 0 bridgehead atoms. The van der Waals surface area contributed by atoms with Gasteiger partial charge in [-0.1, -0.05) is 12.1 Å². The van der Waals surface area contributed by atoms with E-state index < -0.39 is 0 Å². The Balaban J connectivity index is 2.26. The summed E-state index contributed by atoms with van der Waals surface area (Å²) in [5.74, 6) is 1.58. The van der Waals surface area contributed by atoms with Crippen molar-refractivity contribution in [2.45, 2.75) is 0 Å². The van der Waals surface area contributed by atoms with Crippen LogP contribution in [-0.2, 0) is 0 Å². The van der Waals surface area contributed by atoms with Crippen molar-refractivity contribution in [1.29, 1.82) is 0 Å². The molecule has 1 heterocycles. The second-order valence-electron chi connectivity index (χ2n) is 3.74. The quantitative estimate of drug-likeness (QED) is 0.834. The molecule has 0 aliphatic rings. The van der Waals surface area contributed by atoms with E-state index in [1.54, 1.807) is 7.11 Å². The number of methoxy groups -OCH3 is 1. The van der Waals surface area contributed by atoms with Crippen molar-refractivity contribution in [3.8, 4) is 17.0 Å². The Labute approximate surface area is 106 Å². The van der Waals surface area contributed by atoms with Gasteiger partial charge < -0.3 is 15.8 Å². The molecule has 2 rings (SSSR count). The number of anilines is 1. The Morgan fingerprint density at radius 1 is 1.28 bits per heavy atom. The zero-order chi connectivity index (χ0) is 12.8. The summed E-state index contributed by atoms with van der Waals surface area (Å²) in [7, 11) is 1.65. The van der Waals surface area contributed by atoms with Crippen molar-refractivity contribution in [3.05, 3.63) is 36.7 Å². The van der Waals surface area contributed by atoms with Crippen molar-refractivity contribution >= 4 is 5.82 Å². The lowest BCUT2D eigenvalue weighted by atomic mass is 10.1. The highest BCUT2D eigenvalue weighted by Gasteiger charge is 2.02. The molecule has 0 radical (unpaired) electrons. The first-order valence-corrected chi connectivity index (χ1v) is 5.74. The van der Waals surface area contributed by atoms with Crippen LogP contribution in [0.3, 0.4) is 0 Å². The van der Waals surface area contributed by atoms with Crippen LogP contribution >= 0.6 is 0 Å². The van der Waals surface area contributed by atoms with E-state index in [2.05, 4.69) is 15.3 Å². The van der Waals surface area contributed by atoms with Crippen molar-refractivity contribution in [2.75, 3.05) is 25.5 Å². The summed E-state index contributed by atoms with van der Waals surface area (Å²) in [5.41, 5.74) is 7.28. The van der Waals surface area contributed by atoms with Gasteiger partial charge >= 0.3 is 0 Å². The van der Waals surface area contributed by atoms with Gasteiger partial charge in [0.1, 0.15) is 17.9 Å². The third-order valence-corrected chi connectivity index (χ3v) is 2.48. The normalized spacial score (nSPS) is 10.1. The average Bonchev–Trinajstić information content (AvgIpc) is 2.45. The molecule has 0 unspecified atom stereocenters. The molecular formula is C13H16N4O. The summed E-state index contributed by atoms with van der Waals surface area (Å²) < 4.78 is 5.20. The molecule has 3 N–H and O–H groups in total. The van der Waals surface area contributed by atoms with E-state index in [0.717, 1.165) is 22.8 Å². The molecule has 0 amide bonds. The van der Waals surface area contributed by atoms with E-state index in [1.165, 1.54) is 6.33 Å². The lowest BCUT2D eigenvalue weighted by molar-refractivity contribution is 0.415. The second kappa shape index (κ2) is 5.97. The molecule has 5 nitrogen and oxygen atoms in total. The zero-order valence-electron chi connectivity index (χ0n) is 10.3.